The number of nitrogens with zero attached hydrogens (tertiary/aromatic N) is 1. The molecule has 21 heavy (non-hydrogen) atoms. The van der Waals surface area contributed by atoms with Crippen molar-refractivity contribution < 1.29 is 0 Å². The quantitative estimate of drug-likeness (QED) is 0.832. The third kappa shape index (κ3) is 5.60. The van der Waals surface area contributed by atoms with Crippen LogP contribution in [0.3, 0.4) is 0 Å². The summed E-state index contributed by atoms with van der Waals surface area (Å²) in [7, 11) is 0. The normalized spacial score (nSPS) is 13.3. The molecule has 1 unspecified atom stereocenters. The van der Waals surface area contributed by atoms with E-state index in [4.69, 9.17) is 0 Å². The molecule has 3 heteroatoms. The van der Waals surface area contributed by atoms with Crippen molar-refractivity contribution in [1.29, 1.82) is 0 Å². The molecule has 1 aromatic heterocycles. The van der Waals surface area contributed by atoms with Crippen LogP contribution in [0.1, 0.15) is 49.5 Å². The van der Waals surface area contributed by atoms with Gasteiger partial charge >= 0.3 is 0 Å². The number of aromatic nitrogens is 1. The number of hydrogen-bond donors (Lipinski definition) is 1. The molecule has 0 saturated carbocycles. The molecular formula is C18H26N2S. The van der Waals surface area contributed by atoms with Crippen molar-refractivity contribution in [3.63, 3.8) is 0 Å². The lowest BCUT2D eigenvalue weighted by atomic mass is 9.85. The largest absolute Gasteiger partial charge is 0.310 e. The summed E-state index contributed by atoms with van der Waals surface area (Å²) in [5.74, 6) is 0. The van der Waals surface area contributed by atoms with Gasteiger partial charge in [-0.3, -0.25) is 0 Å². The fourth-order valence-corrected chi connectivity index (χ4v) is 3.25. The minimum Gasteiger partial charge on any atom is -0.310 e. The second-order valence-corrected chi connectivity index (χ2v) is 7.76. The van der Waals surface area contributed by atoms with Crippen LogP contribution in [0, 0.1) is 12.3 Å². The van der Waals surface area contributed by atoms with Crippen LogP contribution in [0.15, 0.2) is 35.7 Å². The zero-order valence-corrected chi connectivity index (χ0v) is 14.3. The number of rotatable bonds is 6. The maximum atomic E-state index is 4.53. The Hall–Kier alpha value is -1.19. The van der Waals surface area contributed by atoms with Crippen LogP contribution in [0.4, 0.5) is 0 Å². The number of hydrogen-bond acceptors (Lipinski definition) is 3. The van der Waals surface area contributed by atoms with Crippen molar-refractivity contribution in [2.75, 3.05) is 6.54 Å². The summed E-state index contributed by atoms with van der Waals surface area (Å²) in [6.07, 6.45) is 2.14. The van der Waals surface area contributed by atoms with E-state index in [-0.39, 0.29) is 0 Å². The summed E-state index contributed by atoms with van der Waals surface area (Å²) in [4.78, 5) is 4.53. The average Bonchev–Trinajstić information content (AvgIpc) is 2.83. The summed E-state index contributed by atoms with van der Waals surface area (Å²) in [5, 5.41) is 7.07. The SMILES string of the molecule is Cc1csc(CCNC(CC(C)(C)C)c2ccccc2)n1. The molecule has 0 spiro atoms. The zero-order chi connectivity index (χ0) is 15.3. The molecule has 0 fully saturated rings. The Morgan fingerprint density at radius 1 is 1.19 bits per heavy atom. The molecular weight excluding hydrogens is 276 g/mol. The minimum atomic E-state index is 0.311. The highest BCUT2D eigenvalue weighted by atomic mass is 32.1. The van der Waals surface area contributed by atoms with Crippen molar-refractivity contribution in [3.05, 3.63) is 52.0 Å². The Labute approximate surface area is 132 Å². The molecule has 0 aliphatic heterocycles. The van der Waals surface area contributed by atoms with Crippen LogP contribution in [-0.2, 0) is 6.42 Å². The van der Waals surface area contributed by atoms with Gasteiger partial charge in [-0.25, -0.2) is 4.98 Å². The molecule has 2 aromatic rings. The minimum absolute atomic E-state index is 0.311. The first-order chi connectivity index (χ1) is 9.94. The topological polar surface area (TPSA) is 24.9 Å². The summed E-state index contributed by atoms with van der Waals surface area (Å²) in [5.41, 5.74) is 2.82. The van der Waals surface area contributed by atoms with E-state index in [1.807, 2.05) is 0 Å². The highest BCUT2D eigenvalue weighted by molar-refractivity contribution is 7.09. The smallest absolute Gasteiger partial charge is 0.0940 e. The number of benzene rings is 1. The highest BCUT2D eigenvalue weighted by Crippen LogP contribution is 2.29. The standard InChI is InChI=1S/C18H26N2S/c1-14-13-21-17(20-14)10-11-19-16(12-18(2,3)4)15-8-6-5-7-9-15/h5-9,13,16,19H,10-12H2,1-4H3. The Kier molecular flexibility index (Phi) is 5.54. The van der Waals surface area contributed by atoms with Gasteiger partial charge in [0.05, 0.1) is 5.01 Å². The Morgan fingerprint density at radius 2 is 1.90 bits per heavy atom. The second kappa shape index (κ2) is 7.19. The van der Waals surface area contributed by atoms with Gasteiger partial charge < -0.3 is 5.32 Å². The second-order valence-electron chi connectivity index (χ2n) is 6.81. The lowest BCUT2D eigenvalue weighted by Crippen LogP contribution is -2.27. The Morgan fingerprint density at radius 3 is 2.48 bits per heavy atom. The monoisotopic (exact) mass is 302 g/mol. The molecule has 0 amide bonds. The molecule has 0 radical (unpaired) electrons. The van der Waals surface area contributed by atoms with Crippen molar-refractivity contribution in [2.45, 2.75) is 46.6 Å². The van der Waals surface area contributed by atoms with Gasteiger partial charge in [0, 0.05) is 30.1 Å². The maximum Gasteiger partial charge on any atom is 0.0940 e. The average molecular weight is 302 g/mol. The van der Waals surface area contributed by atoms with Gasteiger partial charge in [0.2, 0.25) is 0 Å². The molecule has 1 aromatic carbocycles. The maximum absolute atomic E-state index is 4.53. The molecule has 0 aliphatic rings. The summed E-state index contributed by atoms with van der Waals surface area (Å²) < 4.78 is 0. The lowest BCUT2D eigenvalue weighted by molar-refractivity contribution is 0.312. The predicted molar refractivity (Wildman–Crippen MR) is 91.8 cm³/mol. The van der Waals surface area contributed by atoms with Crippen LogP contribution < -0.4 is 5.32 Å². The summed E-state index contributed by atoms with van der Waals surface area (Å²) in [6, 6.07) is 11.2. The van der Waals surface area contributed by atoms with E-state index in [0.717, 1.165) is 25.1 Å². The van der Waals surface area contributed by atoms with E-state index in [2.05, 4.69) is 73.7 Å². The molecule has 1 N–H and O–H groups in total. The van der Waals surface area contributed by atoms with Crippen LogP contribution in [0.5, 0.6) is 0 Å². The first-order valence-electron chi connectivity index (χ1n) is 7.63. The molecule has 0 saturated heterocycles. The molecule has 2 rings (SSSR count). The first kappa shape index (κ1) is 16.2. The van der Waals surface area contributed by atoms with Crippen molar-refractivity contribution >= 4 is 11.3 Å². The first-order valence-corrected chi connectivity index (χ1v) is 8.51. The van der Waals surface area contributed by atoms with E-state index in [0.29, 0.717) is 11.5 Å². The molecule has 1 heterocycles. The third-order valence-corrected chi connectivity index (χ3v) is 4.44. The van der Waals surface area contributed by atoms with Crippen molar-refractivity contribution in [2.24, 2.45) is 5.41 Å². The Bertz CT molecular complexity index is 540. The van der Waals surface area contributed by atoms with E-state index in [1.54, 1.807) is 11.3 Å². The fraction of sp³-hybridized carbons (Fsp3) is 0.500. The van der Waals surface area contributed by atoms with Crippen molar-refractivity contribution in [3.8, 4) is 0 Å². The molecule has 2 nitrogen and oxygen atoms in total. The number of aryl methyl sites for hydroxylation is 1. The van der Waals surface area contributed by atoms with Gasteiger partial charge in [-0.05, 0) is 24.3 Å². The lowest BCUT2D eigenvalue weighted by Gasteiger charge is -2.27. The molecule has 0 aliphatic carbocycles. The van der Waals surface area contributed by atoms with E-state index < -0.39 is 0 Å². The van der Waals surface area contributed by atoms with Gasteiger partial charge in [0.25, 0.3) is 0 Å². The van der Waals surface area contributed by atoms with Crippen LogP contribution in [0.2, 0.25) is 0 Å². The third-order valence-electron chi connectivity index (χ3n) is 3.41. The van der Waals surface area contributed by atoms with Gasteiger partial charge in [-0.1, -0.05) is 51.1 Å². The van der Waals surface area contributed by atoms with E-state index >= 15 is 0 Å². The molecule has 1 atom stereocenters. The summed E-state index contributed by atoms with van der Waals surface area (Å²) >= 11 is 1.76. The fourth-order valence-electron chi connectivity index (χ4n) is 2.48. The van der Waals surface area contributed by atoms with Crippen LogP contribution in [-0.4, -0.2) is 11.5 Å². The van der Waals surface area contributed by atoms with Gasteiger partial charge in [-0.2, -0.15) is 0 Å². The Balaban J connectivity index is 1.96. The zero-order valence-electron chi connectivity index (χ0n) is 13.5. The highest BCUT2D eigenvalue weighted by Gasteiger charge is 2.19. The van der Waals surface area contributed by atoms with Crippen LogP contribution in [0.25, 0.3) is 0 Å². The van der Waals surface area contributed by atoms with Gasteiger partial charge in [0.15, 0.2) is 0 Å². The van der Waals surface area contributed by atoms with Gasteiger partial charge in [-0.15, -0.1) is 11.3 Å². The predicted octanol–water partition coefficient (Wildman–Crippen LogP) is 4.76. The van der Waals surface area contributed by atoms with E-state index in [1.165, 1.54) is 10.6 Å². The van der Waals surface area contributed by atoms with Crippen LogP contribution >= 0.6 is 11.3 Å². The molecule has 114 valence electrons. The summed E-state index contributed by atoms with van der Waals surface area (Å²) in [6.45, 7) is 9.93. The van der Waals surface area contributed by atoms with E-state index in [9.17, 15) is 0 Å². The number of thiazole rings is 1. The molecule has 0 bridgehead atoms. The van der Waals surface area contributed by atoms with Crippen molar-refractivity contribution in [1.82, 2.24) is 10.3 Å². The number of nitrogens with one attached hydrogen (secondary N) is 1. The van der Waals surface area contributed by atoms with Gasteiger partial charge in [0.1, 0.15) is 0 Å².